The second-order valence-corrected chi connectivity index (χ2v) is 6.69. The second-order valence-electron chi connectivity index (χ2n) is 2.29. The molecule has 74 valence electrons. The summed E-state index contributed by atoms with van der Waals surface area (Å²) in [4.78, 5) is -0.0254. The predicted molar refractivity (Wildman–Crippen MR) is 64.6 cm³/mol. The predicted octanol–water partition coefficient (Wildman–Crippen LogP) is 2.85. The van der Waals surface area contributed by atoms with Gasteiger partial charge in [0.15, 0.2) is 0 Å². The van der Waals surface area contributed by atoms with Crippen LogP contribution in [-0.2, 0) is 9.05 Å². The Balaban J connectivity index is 3.57. The molecule has 0 fully saturated rings. The standard InChI is InChI=1S/C7H2BrClINO2S/c8-6-5(14(9,12)13)2-1-4(3-11)7(6)10/h1-2H. The minimum absolute atomic E-state index is 0.0254. The van der Waals surface area contributed by atoms with Crippen molar-refractivity contribution in [3.63, 3.8) is 0 Å². The first kappa shape index (κ1) is 12.2. The van der Waals surface area contributed by atoms with Gasteiger partial charge in [-0.3, -0.25) is 0 Å². The van der Waals surface area contributed by atoms with Gasteiger partial charge in [0.2, 0.25) is 0 Å². The number of nitriles is 1. The summed E-state index contributed by atoms with van der Waals surface area (Å²) < 4.78 is 23.0. The lowest BCUT2D eigenvalue weighted by Crippen LogP contribution is -1.95. The van der Waals surface area contributed by atoms with Gasteiger partial charge in [0, 0.05) is 14.3 Å². The maximum Gasteiger partial charge on any atom is 0.262 e. The molecule has 0 aliphatic carbocycles. The van der Waals surface area contributed by atoms with Crippen molar-refractivity contribution in [3.05, 3.63) is 25.7 Å². The lowest BCUT2D eigenvalue weighted by atomic mass is 10.2. The van der Waals surface area contributed by atoms with E-state index >= 15 is 0 Å². The van der Waals surface area contributed by atoms with Crippen LogP contribution in [-0.4, -0.2) is 8.42 Å². The van der Waals surface area contributed by atoms with Gasteiger partial charge < -0.3 is 0 Å². The molecule has 1 rings (SSSR count). The van der Waals surface area contributed by atoms with E-state index in [1.54, 1.807) is 0 Å². The highest BCUT2D eigenvalue weighted by Crippen LogP contribution is 2.31. The van der Waals surface area contributed by atoms with Gasteiger partial charge in [-0.1, -0.05) is 0 Å². The molecule has 3 nitrogen and oxygen atoms in total. The first-order valence-corrected chi connectivity index (χ1v) is 7.39. The minimum Gasteiger partial charge on any atom is -0.207 e. The maximum atomic E-state index is 11.1. The summed E-state index contributed by atoms with van der Waals surface area (Å²) in [6, 6.07) is 4.66. The summed E-state index contributed by atoms with van der Waals surface area (Å²) in [5.41, 5.74) is 0.404. The third kappa shape index (κ3) is 2.39. The highest BCUT2D eigenvalue weighted by atomic mass is 127. The molecule has 1 aromatic rings. The molecule has 0 unspecified atom stereocenters. The van der Waals surface area contributed by atoms with Gasteiger partial charge in [0.05, 0.1) is 14.9 Å². The van der Waals surface area contributed by atoms with E-state index in [-0.39, 0.29) is 4.90 Å². The Hall–Kier alpha value is 0.160. The summed E-state index contributed by atoms with van der Waals surface area (Å²) in [5.74, 6) is 0. The molecule has 0 aromatic heterocycles. The highest BCUT2D eigenvalue weighted by Gasteiger charge is 2.18. The molecule has 14 heavy (non-hydrogen) atoms. The van der Waals surface area contributed by atoms with Crippen LogP contribution >= 0.6 is 49.2 Å². The third-order valence-corrected chi connectivity index (χ3v) is 5.74. The molecular formula is C7H2BrClINO2S. The SMILES string of the molecule is N#Cc1ccc(S(=O)(=O)Cl)c(Br)c1I. The van der Waals surface area contributed by atoms with Crippen molar-refractivity contribution in [2.75, 3.05) is 0 Å². The molecule has 0 bridgehead atoms. The van der Waals surface area contributed by atoms with Gasteiger partial charge in [0.1, 0.15) is 6.07 Å². The molecule has 0 radical (unpaired) electrons. The van der Waals surface area contributed by atoms with Crippen LogP contribution in [0.4, 0.5) is 0 Å². The Morgan fingerprint density at radius 2 is 2.07 bits per heavy atom. The van der Waals surface area contributed by atoms with Crippen LogP contribution in [0.2, 0.25) is 0 Å². The topological polar surface area (TPSA) is 57.9 Å². The van der Waals surface area contributed by atoms with Crippen molar-refractivity contribution in [1.29, 1.82) is 5.26 Å². The highest BCUT2D eigenvalue weighted by molar-refractivity contribution is 14.1. The molecule has 0 N–H and O–H groups in total. The van der Waals surface area contributed by atoms with Crippen molar-refractivity contribution in [2.45, 2.75) is 4.90 Å². The summed E-state index contributed by atoms with van der Waals surface area (Å²) in [5, 5.41) is 8.68. The Bertz CT molecular complexity index is 523. The smallest absolute Gasteiger partial charge is 0.207 e. The lowest BCUT2D eigenvalue weighted by Gasteiger charge is -2.03. The minimum atomic E-state index is -3.77. The van der Waals surface area contributed by atoms with E-state index in [0.29, 0.717) is 13.6 Å². The maximum absolute atomic E-state index is 11.1. The average molecular weight is 406 g/mol. The van der Waals surface area contributed by atoms with Crippen molar-refractivity contribution >= 4 is 58.3 Å². The van der Waals surface area contributed by atoms with Crippen molar-refractivity contribution in [1.82, 2.24) is 0 Å². The zero-order chi connectivity index (χ0) is 10.9. The van der Waals surface area contributed by atoms with Crippen LogP contribution < -0.4 is 0 Å². The molecule has 0 aliphatic heterocycles. The normalized spacial score (nSPS) is 11.0. The molecule has 0 amide bonds. The Morgan fingerprint density at radius 1 is 1.50 bits per heavy atom. The molecule has 0 atom stereocenters. The van der Waals surface area contributed by atoms with Gasteiger partial charge >= 0.3 is 0 Å². The zero-order valence-electron chi connectivity index (χ0n) is 6.46. The van der Waals surface area contributed by atoms with E-state index < -0.39 is 9.05 Å². The van der Waals surface area contributed by atoms with Gasteiger partial charge in [0.25, 0.3) is 9.05 Å². The molecular weight excluding hydrogens is 404 g/mol. The van der Waals surface area contributed by atoms with Crippen LogP contribution in [0.25, 0.3) is 0 Å². The number of nitrogens with zero attached hydrogens (tertiary/aromatic N) is 1. The molecule has 0 heterocycles. The first-order valence-electron chi connectivity index (χ1n) is 3.20. The van der Waals surface area contributed by atoms with E-state index in [9.17, 15) is 8.42 Å². The first-order chi connectivity index (χ1) is 6.38. The van der Waals surface area contributed by atoms with E-state index in [4.69, 9.17) is 15.9 Å². The average Bonchev–Trinajstić information content (AvgIpc) is 2.07. The molecule has 0 spiro atoms. The number of benzene rings is 1. The van der Waals surface area contributed by atoms with Gasteiger partial charge in [-0.25, -0.2) is 8.42 Å². The second kappa shape index (κ2) is 4.35. The van der Waals surface area contributed by atoms with E-state index in [0.717, 1.165) is 0 Å². The Kier molecular flexibility index (Phi) is 3.80. The van der Waals surface area contributed by atoms with Gasteiger partial charge in [-0.05, 0) is 50.7 Å². The molecule has 7 heteroatoms. The number of hydrogen-bond donors (Lipinski definition) is 0. The largest absolute Gasteiger partial charge is 0.262 e. The van der Waals surface area contributed by atoms with E-state index in [1.165, 1.54) is 12.1 Å². The monoisotopic (exact) mass is 405 g/mol. The summed E-state index contributed by atoms with van der Waals surface area (Å²) in [6.45, 7) is 0. The van der Waals surface area contributed by atoms with Gasteiger partial charge in [-0.2, -0.15) is 5.26 Å². The van der Waals surface area contributed by atoms with E-state index in [1.807, 2.05) is 28.7 Å². The van der Waals surface area contributed by atoms with Crippen molar-refractivity contribution in [2.24, 2.45) is 0 Å². The Labute approximate surface area is 108 Å². The van der Waals surface area contributed by atoms with Crippen LogP contribution in [0.1, 0.15) is 5.56 Å². The molecule has 0 saturated carbocycles. The van der Waals surface area contributed by atoms with Gasteiger partial charge in [-0.15, -0.1) is 0 Å². The van der Waals surface area contributed by atoms with Crippen LogP contribution in [0, 0.1) is 14.9 Å². The van der Waals surface area contributed by atoms with E-state index in [2.05, 4.69) is 15.9 Å². The fourth-order valence-corrected chi connectivity index (χ4v) is 3.78. The number of hydrogen-bond acceptors (Lipinski definition) is 3. The summed E-state index contributed by atoms with van der Waals surface area (Å²) >= 11 is 4.96. The summed E-state index contributed by atoms with van der Waals surface area (Å²) in [7, 11) is 1.42. The molecule has 1 aromatic carbocycles. The van der Waals surface area contributed by atoms with Crippen LogP contribution in [0.3, 0.4) is 0 Å². The molecule has 0 saturated heterocycles. The van der Waals surface area contributed by atoms with Crippen LogP contribution in [0.5, 0.6) is 0 Å². The number of rotatable bonds is 1. The fraction of sp³-hybridized carbons (Fsp3) is 0. The van der Waals surface area contributed by atoms with Crippen molar-refractivity contribution in [3.8, 4) is 6.07 Å². The molecule has 0 aliphatic rings. The lowest BCUT2D eigenvalue weighted by molar-refractivity contribution is 0.609. The number of halogens is 3. The Morgan fingerprint density at radius 3 is 2.50 bits per heavy atom. The third-order valence-electron chi connectivity index (χ3n) is 1.43. The van der Waals surface area contributed by atoms with Crippen molar-refractivity contribution < 1.29 is 8.42 Å². The quantitative estimate of drug-likeness (QED) is 0.532. The zero-order valence-corrected chi connectivity index (χ0v) is 11.8. The van der Waals surface area contributed by atoms with Crippen LogP contribution in [0.15, 0.2) is 21.5 Å². The summed E-state index contributed by atoms with van der Waals surface area (Å²) in [6.07, 6.45) is 0. The fourth-order valence-electron chi connectivity index (χ4n) is 0.806.